The number of hydrogen-bond acceptors (Lipinski definition) is 4. The molecule has 5 nitrogen and oxygen atoms in total. The van der Waals surface area contributed by atoms with E-state index in [2.05, 4.69) is 4.72 Å². The van der Waals surface area contributed by atoms with Crippen LogP contribution in [0.1, 0.15) is 12.5 Å². The number of rotatable bonds is 6. The van der Waals surface area contributed by atoms with Gasteiger partial charge in [-0.1, -0.05) is 6.92 Å². The van der Waals surface area contributed by atoms with Crippen LogP contribution >= 0.6 is 0 Å². The molecule has 0 aliphatic rings. The Hall–Kier alpha value is -1.11. The predicted molar refractivity (Wildman–Crippen MR) is 66.6 cm³/mol. The van der Waals surface area contributed by atoms with E-state index < -0.39 is 10.0 Å². The second-order valence-electron chi connectivity index (χ2n) is 3.47. The molecule has 0 atom stereocenters. The molecule has 0 bridgehead atoms. The average molecular weight is 258 g/mol. The zero-order valence-electron chi connectivity index (χ0n) is 10.1. The van der Waals surface area contributed by atoms with Gasteiger partial charge in [0, 0.05) is 6.54 Å². The van der Waals surface area contributed by atoms with Crippen LogP contribution in [0.5, 0.6) is 5.75 Å². The van der Waals surface area contributed by atoms with Crippen molar-refractivity contribution in [1.82, 2.24) is 4.72 Å². The molecule has 0 heterocycles. The van der Waals surface area contributed by atoms with Crippen molar-refractivity contribution in [3.63, 3.8) is 0 Å². The number of nitrogens with one attached hydrogen (secondary N) is 1. The first-order valence-corrected chi connectivity index (χ1v) is 6.92. The van der Waals surface area contributed by atoms with E-state index in [0.717, 1.165) is 5.56 Å². The van der Waals surface area contributed by atoms with Crippen molar-refractivity contribution in [2.45, 2.75) is 18.2 Å². The zero-order chi connectivity index (χ0) is 12.9. The summed E-state index contributed by atoms with van der Waals surface area (Å²) in [7, 11) is -2.01. The van der Waals surface area contributed by atoms with Gasteiger partial charge in [0.05, 0.1) is 4.90 Å². The van der Waals surface area contributed by atoms with Gasteiger partial charge in [0.25, 0.3) is 0 Å². The van der Waals surface area contributed by atoms with Gasteiger partial charge in [0.2, 0.25) is 10.0 Å². The smallest absolute Gasteiger partial charge is 0.240 e. The summed E-state index contributed by atoms with van der Waals surface area (Å²) in [4.78, 5) is 0.247. The molecule has 96 valence electrons. The van der Waals surface area contributed by atoms with Gasteiger partial charge in [-0.2, -0.15) is 0 Å². The number of sulfonamides is 1. The van der Waals surface area contributed by atoms with E-state index in [1.165, 1.54) is 13.1 Å². The first-order chi connectivity index (χ1) is 8.05. The lowest BCUT2D eigenvalue weighted by molar-refractivity contribution is 0.325. The molecule has 0 spiro atoms. The van der Waals surface area contributed by atoms with E-state index in [4.69, 9.17) is 10.5 Å². The maximum absolute atomic E-state index is 11.6. The molecule has 0 amide bonds. The third-order valence-corrected chi connectivity index (χ3v) is 3.78. The molecule has 17 heavy (non-hydrogen) atoms. The Bertz CT molecular complexity index is 472. The minimum absolute atomic E-state index is 0.247. The SMILES string of the molecule is CCc1cc(S(=O)(=O)NC)ccc1OCCN. The van der Waals surface area contributed by atoms with Crippen molar-refractivity contribution in [2.75, 3.05) is 20.2 Å². The van der Waals surface area contributed by atoms with Gasteiger partial charge in [0.15, 0.2) is 0 Å². The zero-order valence-corrected chi connectivity index (χ0v) is 10.9. The predicted octanol–water partition coefficient (Wildman–Crippen LogP) is 0.495. The minimum Gasteiger partial charge on any atom is -0.492 e. The molecule has 0 radical (unpaired) electrons. The summed E-state index contributed by atoms with van der Waals surface area (Å²) in [5.74, 6) is 0.688. The molecule has 0 saturated heterocycles. The monoisotopic (exact) mass is 258 g/mol. The lowest BCUT2D eigenvalue weighted by atomic mass is 10.1. The van der Waals surface area contributed by atoms with Gasteiger partial charge in [-0.05, 0) is 37.2 Å². The lowest BCUT2D eigenvalue weighted by Crippen LogP contribution is -2.19. The molecule has 1 aromatic carbocycles. The molecule has 6 heteroatoms. The molecule has 0 saturated carbocycles. The van der Waals surface area contributed by atoms with E-state index in [0.29, 0.717) is 25.3 Å². The van der Waals surface area contributed by atoms with Crippen molar-refractivity contribution < 1.29 is 13.2 Å². The highest BCUT2D eigenvalue weighted by molar-refractivity contribution is 7.89. The van der Waals surface area contributed by atoms with Gasteiger partial charge < -0.3 is 10.5 Å². The molecule has 3 N–H and O–H groups in total. The highest BCUT2D eigenvalue weighted by atomic mass is 32.2. The Morgan fingerprint density at radius 1 is 1.41 bits per heavy atom. The molecule has 1 aromatic rings. The Labute approximate surface area is 102 Å². The fraction of sp³-hybridized carbons (Fsp3) is 0.455. The van der Waals surface area contributed by atoms with Crippen LogP contribution in [-0.4, -0.2) is 28.6 Å². The largest absolute Gasteiger partial charge is 0.492 e. The number of hydrogen-bond donors (Lipinski definition) is 2. The van der Waals surface area contributed by atoms with Crippen LogP contribution in [0.15, 0.2) is 23.1 Å². The van der Waals surface area contributed by atoms with Crippen LogP contribution in [0.3, 0.4) is 0 Å². The number of aryl methyl sites for hydroxylation is 1. The Morgan fingerprint density at radius 3 is 2.65 bits per heavy atom. The molecule has 0 aromatic heterocycles. The summed E-state index contributed by atoms with van der Waals surface area (Å²) in [5.41, 5.74) is 6.21. The summed E-state index contributed by atoms with van der Waals surface area (Å²) in [6.07, 6.45) is 0.701. The third kappa shape index (κ3) is 3.42. The van der Waals surface area contributed by atoms with Crippen LogP contribution in [0.4, 0.5) is 0 Å². The van der Waals surface area contributed by atoms with Crippen LogP contribution < -0.4 is 15.2 Å². The molecule has 0 unspecified atom stereocenters. The fourth-order valence-corrected chi connectivity index (χ4v) is 2.21. The van der Waals surface area contributed by atoms with Crippen molar-refractivity contribution >= 4 is 10.0 Å². The number of nitrogens with two attached hydrogens (primary N) is 1. The summed E-state index contributed by atoms with van der Waals surface area (Å²) in [6, 6.07) is 4.81. The second-order valence-corrected chi connectivity index (χ2v) is 5.35. The molecular formula is C11H18N2O3S. The van der Waals surface area contributed by atoms with Crippen LogP contribution in [0.2, 0.25) is 0 Å². The van der Waals surface area contributed by atoms with Gasteiger partial charge in [-0.25, -0.2) is 13.1 Å². The molecule has 0 aliphatic heterocycles. The maximum Gasteiger partial charge on any atom is 0.240 e. The quantitative estimate of drug-likeness (QED) is 0.778. The van der Waals surface area contributed by atoms with Crippen molar-refractivity contribution in [2.24, 2.45) is 5.73 Å². The molecular weight excluding hydrogens is 240 g/mol. The second kappa shape index (κ2) is 6.00. The molecule has 1 rings (SSSR count). The first-order valence-electron chi connectivity index (χ1n) is 5.44. The first kappa shape index (κ1) is 14.0. The normalized spacial score (nSPS) is 11.5. The van der Waals surface area contributed by atoms with Gasteiger partial charge in [0.1, 0.15) is 12.4 Å². The number of benzene rings is 1. The van der Waals surface area contributed by atoms with Crippen molar-refractivity contribution in [3.8, 4) is 5.75 Å². The number of ether oxygens (including phenoxy) is 1. The van der Waals surface area contributed by atoms with E-state index >= 15 is 0 Å². The van der Waals surface area contributed by atoms with Gasteiger partial charge in [-0.3, -0.25) is 0 Å². The van der Waals surface area contributed by atoms with Crippen molar-refractivity contribution in [1.29, 1.82) is 0 Å². The lowest BCUT2D eigenvalue weighted by Gasteiger charge is -2.11. The van der Waals surface area contributed by atoms with Crippen LogP contribution in [0.25, 0.3) is 0 Å². The van der Waals surface area contributed by atoms with Crippen LogP contribution in [0, 0.1) is 0 Å². The maximum atomic E-state index is 11.6. The topological polar surface area (TPSA) is 81.4 Å². The Balaban J connectivity index is 3.08. The standard InChI is InChI=1S/C11H18N2O3S/c1-3-9-8-10(17(14,15)13-2)4-5-11(9)16-7-6-12/h4-5,8,13H,3,6-7,12H2,1-2H3. The molecule has 0 fully saturated rings. The average Bonchev–Trinajstić information content (AvgIpc) is 2.35. The summed E-state index contributed by atoms with van der Waals surface area (Å²) in [6.45, 7) is 2.80. The van der Waals surface area contributed by atoms with Crippen molar-refractivity contribution in [3.05, 3.63) is 23.8 Å². The summed E-state index contributed by atoms with van der Waals surface area (Å²) < 4.78 is 31.0. The minimum atomic E-state index is -3.40. The Morgan fingerprint density at radius 2 is 2.12 bits per heavy atom. The summed E-state index contributed by atoms with van der Waals surface area (Å²) in [5, 5.41) is 0. The summed E-state index contributed by atoms with van der Waals surface area (Å²) >= 11 is 0. The highest BCUT2D eigenvalue weighted by Crippen LogP contribution is 2.23. The van der Waals surface area contributed by atoms with E-state index in [9.17, 15) is 8.42 Å². The fourth-order valence-electron chi connectivity index (χ4n) is 1.43. The van der Waals surface area contributed by atoms with Crippen LogP contribution in [-0.2, 0) is 16.4 Å². The van der Waals surface area contributed by atoms with E-state index in [1.807, 2.05) is 6.92 Å². The van der Waals surface area contributed by atoms with E-state index in [-0.39, 0.29) is 4.90 Å². The van der Waals surface area contributed by atoms with E-state index in [1.54, 1.807) is 12.1 Å². The Kier molecular flexibility index (Phi) is 4.92. The highest BCUT2D eigenvalue weighted by Gasteiger charge is 2.13. The third-order valence-electron chi connectivity index (χ3n) is 2.37. The van der Waals surface area contributed by atoms with Gasteiger partial charge >= 0.3 is 0 Å². The molecule has 0 aliphatic carbocycles. The van der Waals surface area contributed by atoms with Gasteiger partial charge in [-0.15, -0.1) is 0 Å².